The molecule has 1 fully saturated rings. The van der Waals surface area contributed by atoms with Gasteiger partial charge in [-0.05, 0) is 19.1 Å². The monoisotopic (exact) mass is 382 g/mol. The van der Waals surface area contributed by atoms with Crippen LogP contribution in [0.4, 0.5) is 11.4 Å². The molecule has 1 aliphatic rings. The van der Waals surface area contributed by atoms with Crippen molar-refractivity contribution in [2.75, 3.05) is 18.1 Å². The average molecular weight is 382 g/mol. The standard InChI is InChI=1S/C20H18N2O6/c1-13-5-7-16(8-6-13)21-11-15(10-19(21)24)20(25)28-12-18(23)14-3-2-4-17(9-14)22(26)27/h2-9,15H,10-12H2,1H3/t15-/m1/s1. The third-order valence-corrected chi connectivity index (χ3v) is 4.53. The minimum atomic E-state index is -0.660. The summed E-state index contributed by atoms with van der Waals surface area (Å²) >= 11 is 0. The van der Waals surface area contributed by atoms with E-state index in [1.54, 1.807) is 0 Å². The summed E-state index contributed by atoms with van der Waals surface area (Å²) in [5, 5.41) is 10.8. The van der Waals surface area contributed by atoms with E-state index in [2.05, 4.69) is 0 Å². The van der Waals surface area contributed by atoms with Crippen molar-refractivity contribution in [3.63, 3.8) is 0 Å². The quantitative estimate of drug-likeness (QED) is 0.329. The Hall–Kier alpha value is -3.55. The molecule has 0 saturated carbocycles. The number of rotatable bonds is 6. The summed E-state index contributed by atoms with van der Waals surface area (Å²) in [4.78, 5) is 48.3. The molecule has 144 valence electrons. The van der Waals surface area contributed by atoms with Gasteiger partial charge >= 0.3 is 5.97 Å². The third kappa shape index (κ3) is 4.22. The molecule has 0 aromatic heterocycles. The Labute approximate surface area is 160 Å². The fourth-order valence-electron chi connectivity index (χ4n) is 2.97. The van der Waals surface area contributed by atoms with Crippen LogP contribution in [0.25, 0.3) is 0 Å². The van der Waals surface area contributed by atoms with Crippen LogP contribution in [0.5, 0.6) is 0 Å². The molecule has 1 saturated heterocycles. The van der Waals surface area contributed by atoms with E-state index in [-0.39, 0.29) is 30.1 Å². The van der Waals surface area contributed by atoms with E-state index in [0.29, 0.717) is 5.69 Å². The summed E-state index contributed by atoms with van der Waals surface area (Å²) in [6.45, 7) is 1.59. The third-order valence-electron chi connectivity index (χ3n) is 4.53. The molecule has 0 radical (unpaired) electrons. The first kappa shape index (κ1) is 19.2. The lowest BCUT2D eigenvalue weighted by Gasteiger charge is -2.16. The smallest absolute Gasteiger partial charge is 0.311 e. The number of benzene rings is 2. The lowest BCUT2D eigenvalue weighted by atomic mass is 10.1. The zero-order valence-electron chi connectivity index (χ0n) is 15.2. The molecule has 3 rings (SSSR count). The lowest BCUT2D eigenvalue weighted by molar-refractivity contribution is -0.384. The predicted molar refractivity (Wildman–Crippen MR) is 100 cm³/mol. The second kappa shape index (κ2) is 7.99. The van der Waals surface area contributed by atoms with E-state index in [1.165, 1.54) is 23.1 Å². The molecular formula is C20H18N2O6. The molecule has 1 heterocycles. The van der Waals surface area contributed by atoms with Crippen LogP contribution in [0, 0.1) is 23.0 Å². The maximum absolute atomic E-state index is 12.3. The largest absolute Gasteiger partial charge is 0.457 e. The number of ketones is 1. The van der Waals surface area contributed by atoms with Crippen LogP contribution in [-0.2, 0) is 14.3 Å². The van der Waals surface area contributed by atoms with Crippen molar-refractivity contribution >= 4 is 29.0 Å². The highest BCUT2D eigenvalue weighted by atomic mass is 16.6. The number of non-ortho nitro benzene ring substituents is 1. The molecule has 8 heteroatoms. The van der Waals surface area contributed by atoms with E-state index in [0.717, 1.165) is 11.6 Å². The van der Waals surface area contributed by atoms with Crippen molar-refractivity contribution in [2.24, 2.45) is 5.92 Å². The maximum atomic E-state index is 12.3. The van der Waals surface area contributed by atoms with E-state index in [9.17, 15) is 24.5 Å². The fraction of sp³-hybridized carbons (Fsp3) is 0.250. The number of aryl methyl sites for hydroxylation is 1. The summed E-state index contributed by atoms with van der Waals surface area (Å²) < 4.78 is 5.06. The van der Waals surface area contributed by atoms with Gasteiger partial charge in [0.1, 0.15) is 0 Å². The lowest BCUT2D eigenvalue weighted by Crippen LogP contribution is -2.27. The second-order valence-corrected chi connectivity index (χ2v) is 6.58. The van der Waals surface area contributed by atoms with Crippen LogP contribution in [0.3, 0.4) is 0 Å². The van der Waals surface area contributed by atoms with Gasteiger partial charge in [-0.1, -0.05) is 29.8 Å². The van der Waals surface area contributed by atoms with Gasteiger partial charge in [-0.2, -0.15) is 0 Å². The number of nitro benzene ring substituents is 1. The van der Waals surface area contributed by atoms with Gasteiger partial charge in [-0.15, -0.1) is 0 Å². The number of nitrogens with zero attached hydrogens (tertiary/aromatic N) is 2. The van der Waals surface area contributed by atoms with Crippen LogP contribution < -0.4 is 4.90 Å². The van der Waals surface area contributed by atoms with E-state index >= 15 is 0 Å². The van der Waals surface area contributed by atoms with Crippen molar-refractivity contribution in [1.82, 2.24) is 0 Å². The van der Waals surface area contributed by atoms with Crippen molar-refractivity contribution < 1.29 is 24.0 Å². The van der Waals surface area contributed by atoms with Gasteiger partial charge in [0.05, 0.1) is 10.8 Å². The summed E-state index contributed by atoms with van der Waals surface area (Å²) in [6, 6.07) is 12.6. The molecule has 0 bridgehead atoms. The Morgan fingerprint density at radius 1 is 1.21 bits per heavy atom. The predicted octanol–water partition coefficient (Wildman–Crippen LogP) is 2.68. The van der Waals surface area contributed by atoms with Gasteiger partial charge in [-0.25, -0.2) is 0 Å². The van der Waals surface area contributed by atoms with Crippen LogP contribution in [0.15, 0.2) is 48.5 Å². The highest BCUT2D eigenvalue weighted by Gasteiger charge is 2.36. The maximum Gasteiger partial charge on any atom is 0.311 e. The topological polar surface area (TPSA) is 107 Å². The molecule has 28 heavy (non-hydrogen) atoms. The van der Waals surface area contributed by atoms with E-state index < -0.39 is 29.2 Å². The minimum Gasteiger partial charge on any atom is -0.457 e. The number of esters is 1. The van der Waals surface area contributed by atoms with E-state index in [1.807, 2.05) is 31.2 Å². The van der Waals surface area contributed by atoms with Crippen molar-refractivity contribution in [1.29, 1.82) is 0 Å². The van der Waals surface area contributed by atoms with Gasteiger partial charge in [-0.3, -0.25) is 24.5 Å². The molecule has 0 N–H and O–H groups in total. The molecule has 1 atom stereocenters. The molecule has 2 aromatic carbocycles. The van der Waals surface area contributed by atoms with Crippen LogP contribution in [0.2, 0.25) is 0 Å². The number of carbonyl (C=O) groups is 3. The molecule has 2 aromatic rings. The van der Waals surface area contributed by atoms with Gasteiger partial charge in [0.15, 0.2) is 6.61 Å². The molecular weight excluding hydrogens is 364 g/mol. The zero-order chi connectivity index (χ0) is 20.3. The second-order valence-electron chi connectivity index (χ2n) is 6.58. The molecule has 1 amide bonds. The van der Waals surface area contributed by atoms with Crippen molar-refractivity contribution in [2.45, 2.75) is 13.3 Å². The average Bonchev–Trinajstić information content (AvgIpc) is 3.08. The van der Waals surface area contributed by atoms with Crippen molar-refractivity contribution in [3.05, 3.63) is 69.8 Å². The summed E-state index contributed by atoms with van der Waals surface area (Å²) in [7, 11) is 0. The zero-order valence-corrected chi connectivity index (χ0v) is 15.2. The Balaban J connectivity index is 1.59. The number of amides is 1. The number of hydrogen-bond donors (Lipinski definition) is 0. The van der Waals surface area contributed by atoms with Crippen molar-refractivity contribution in [3.8, 4) is 0 Å². The molecule has 0 aliphatic carbocycles. The molecule has 0 spiro atoms. The number of carbonyl (C=O) groups excluding carboxylic acids is 3. The number of nitro groups is 1. The molecule has 1 aliphatic heterocycles. The number of ether oxygens (including phenoxy) is 1. The normalized spacial score (nSPS) is 16.1. The first-order chi connectivity index (χ1) is 13.3. The highest BCUT2D eigenvalue weighted by molar-refractivity contribution is 6.01. The van der Waals surface area contributed by atoms with Crippen LogP contribution in [-0.4, -0.2) is 35.7 Å². The van der Waals surface area contributed by atoms with E-state index in [4.69, 9.17) is 4.74 Å². The van der Waals surface area contributed by atoms with Gasteiger partial charge < -0.3 is 9.64 Å². The van der Waals surface area contributed by atoms with Gasteiger partial charge in [0.2, 0.25) is 11.7 Å². The molecule has 8 nitrogen and oxygen atoms in total. The Bertz CT molecular complexity index is 938. The van der Waals surface area contributed by atoms with Crippen LogP contribution in [0.1, 0.15) is 22.3 Å². The SMILES string of the molecule is Cc1ccc(N2C[C@H](C(=O)OCC(=O)c3cccc([N+](=O)[O-])c3)CC2=O)cc1. The number of hydrogen-bond acceptors (Lipinski definition) is 6. The Morgan fingerprint density at radius 3 is 2.61 bits per heavy atom. The first-order valence-corrected chi connectivity index (χ1v) is 8.66. The summed E-state index contributed by atoms with van der Waals surface area (Å²) in [5.41, 5.74) is 1.64. The first-order valence-electron chi connectivity index (χ1n) is 8.66. The highest BCUT2D eigenvalue weighted by Crippen LogP contribution is 2.26. The van der Waals surface area contributed by atoms with Crippen LogP contribution >= 0.6 is 0 Å². The minimum absolute atomic E-state index is 0.0116. The Kier molecular flexibility index (Phi) is 5.49. The number of anilines is 1. The fourth-order valence-corrected chi connectivity index (χ4v) is 2.97. The summed E-state index contributed by atoms with van der Waals surface area (Å²) in [6.07, 6.45) is 0.0116. The van der Waals surface area contributed by atoms with Gasteiger partial charge in [0, 0.05) is 36.3 Å². The number of Topliss-reactive ketones (excluding diaryl/α,β-unsaturated/α-hetero) is 1. The molecule has 0 unspecified atom stereocenters. The summed E-state index contributed by atoms with van der Waals surface area (Å²) in [5.74, 6) is -2.03. The van der Waals surface area contributed by atoms with Gasteiger partial charge in [0.25, 0.3) is 5.69 Å². The Morgan fingerprint density at radius 2 is 1.93 bits per heavy atom.